The number of carbonyl (C=O) groups is 2. The number of rotatable bonds is 5. The van der Waals surface area contributed by atoms with Crippen LogP contribution in [-0.2, 0) is 26.3 Å². The second-order valence-corrected chi connectivity index (χ2v) is 7.97. The Kier molecular flexibility index (Phi) is 5.40. The molecule has 0 aromatic heterocycles. The highest BCUT2D eigenvalue weighted by atomic mass is 19.1. The van der Waals surface area contributed by atoms with Crippen LogP contribution in [-0.4, -0.2) is 17.7 Å². The number of halogens is 1. The van der Waals surface area contributed by atoms with Gasteiger partial charge in [-0.2, -0.15) is 0 Å². The number of carbonyl (C=O) groups excluding carboxylic acids is 2. The average Bonchev–Trinajstić information content (AvgIpc) is 3.41. The van der Waals surface area contributed by atoms with Crippen LogP contribution in [0.4, 0.5) is 14.9 Å². The van der Waals surface area contributed by atoms with Crippen molar-refractivity contribution in [1.82, 2.24) is 0 Å². The summed E-state index contributed by atoms with van der Waals surface area (Å²) in [4.78, 5) is 24.4. The molecule has 1 saturated carbocycles. The predicted molar refractivity (Wildman–Crippen MR) is 103 cm³/mol. The summed E-state index contributed by atoms with van der Waals surface area (Å²) in [5.74, 6) is -0.967. The first kappa shape index (κ1) is 19.9. The minimum absolute atomic E-state index is 0.120. The van der Waals surface area contributed by atoms with Gasteiger partial charge in [-0.05, 0) is 51.3 Å². The van der Waals surface area contributed by atoms with Gasteiger partial charge in [0.2, 0.25) is 0 Å². The topological polar surface area (TPSA) is 64.6 Å². The minimum atomic E-state index is -0.927. The van der Waals surface area contributed by atoms with Crippen molar-refractivity contribution in [1.29, 1.82) is 0 Å². The number of hydrogen-bond acceptors (Lipinski definition) is 4. The van der Waals surface area contributed by atoms with Crippen molar-refractivity contribution in [2.24, 2.45) is 0 Å². The van der Waals surface area contributed by atoms with Crippen LogP contribution < -0.4 is 5.32 Å². The number of anilines is 1. The first-order chi connectivity index (χ1) is 13.2. The molecule has 1 aliphatic rings. The van der Waals surface area contributed by atoms with Crippen LogP contribution >= 0.6 is 0 Å². The molecule has 148 valence electrons. The quantitative estimate of drug-likeness (QED) is 0.740. The van der Waals surface area contributed by atoms with E-state index in [4.69, 9.17) is 9.47 Å². The van der Waals surface area contributed by atoms with Crippen molar-refractivity contribution in [2.75, 3.05) is 5.32 Å². The van der Waals surface area contributed by atoms with Gasteiger partial charge in [0.1, 0.15) is 18.0 Å². The highest BCUT2D eigenvalue weighted by Gasteiger charge is 2.55. The van der Waals surface area contributed by atoms with Gasteiger partial charge in [-0.1, -0.05) is 36.4 Å². The standard InChI is InChI=1S/C22H24FNO4/c1-21(2,3)28-19(25)22(11-12-22)17-10-9-16(13-18(17)23)24-20(26)27-14-15-7-5-4-6-8-15/h4-10,13H,11-12,14H2,1-3H3,(H,24,26). The van der Waals surface area contributed by atoms with Gasteiger partial charge in [-0.15, -0.1) is 0 Å². The zero-order valence-electron chi connectivity index (χ0n) is 16.3. The second kappa shape index (κ2) is 7.62. The number of benzene rings is 2. The summed E-state index contributed by atoms with van der Waals surface area (Å²) >= 11 is 0. The minimum Gasteiger partial charge on any atom is -0.459 e. The monoisotopic (exact) mass is 385 g/mol. The molecule has 0 atom stereocenters. The lowest BCUT2D eigenvalue weighted by molar-refractivity contribution is -0.158. The first-order valence-electron chi connectivity index (χ1n) is 9.21. The number of amides is 1. The van der Waals surface area contributed by atoms with Crippen LogP contribution in [0.3, 0.4) is 0 Å². The summed E-state index contributed by atoms with van der Waals surface area (Å²) in [6.07, 6.45) is 0.416. The molecular weight excluding hydrogens is 361 g/mol. The van der Waals surface area contributed by atoms with Gasteiger partial charge >= 0.3 is 12.1 Å². The van der Waals surface area contributed by atoms with E-state index in [9.17, 15) is 14.0 Å². The summed E-state index contributed by atoms with van der Waals surface area (Å²) in [6, 6.07) is 13.5. The molecule has 2 aromatic carbocycles. The third-order valence-corrected chi connectivity index (χ3v) is 4.48. The molecule has 1 aliphatic carbocycles. The van der Waals surface area contributed by atoms with E-state index in [1.54, 1.807) is 26.8 Å². The van der Waals surface area contributed by atoms with Gasteiger partial charge in [0, 0.05) is 11.3 Å². The fraction of sp³-hybridized carbons (Fsp3) is 0.364. The number of esters is 1. The molecule has 0 heterocycles. The molecule has 5 nitrogen and oxygen atoms in total. The lowest BCUT2D eigenvalue weighted by Crippen LogP contribution is -2.32. The summed E-state index contributed by atoms with van der Waals surface area (Å²) in [6.45, 7) is 5.47. The van der Waals surface area contributed by atoms with Crippen LogP contribution in [0.15, 0.2) is 48.5 Å². The van der Waals surface area contributed by atoms with Crippen molar-refractivity contribution in [3.05, 3.63) is 65.5 Å². The molecule has 2 aromatic rings. The molecule has 0 unspecified atom stereocenters. The lowest BCUT2D eigenvalue weighted by atomic mass is 9.95. The molecular formula is C22H24FNO4. The van der Waals surface area contributed by atoms with E-state index in [0.717, 1.165) is 5.56 Å². The highest BCUT2D eigenvalue weighted by Crippen LogP contribution is 2.50. The predicted octanol–water partition coefficient (Wildman–Crippen LogP) is 4.95. The molecule has 0 bridgehead atoms. The molecule has 3 rings (SSSR count). The molecule has 0 radical (unpaired) electrons. The van der Waals surface area contributed by atoms with E-state index >= 15 is 0 Å². The van der Waals surface area contributed by atoms with E-state index in [0.29, 0.717) is 18.4 Å². The Morgan fingerprint density at radius 1 is 1.11 bits per heavy atom. The highest BCUT2D eigenvalue weighted by molar-refractivity contribution is 5.88. The van der Waals surface area contributed by atoms with Gasteiger partial charge in [-0.25, -0.2) is 9.18 Å². The van der Waals surface area contributed by atoms with Gasteiger partial charge in [0.05, 0.1) is 5.41 Å². The Balaban J connectivity index is 1.64. The third-order valence-electron chi connectivity index (χ3n) is 4.48. The van der Waals surface area contributed by atoms with Crippen molar-refractivity contribution >= 4 is 17.7 Å². The van der Waals surface area contributed by atoms with Crippen molar-refractivity contribution in [3.8, 4) is 0 Å². The molecule has 0 saturated heterocycles. The van der Waals surface area contributed by atoms with Crippen LogP contribution in [0.25, 0.3) is 0 Å². The maximum Gasteiger partial charge on any atom is 0.411 e. The van der Waals surface area contributed by atoms with E-state index in [-0.39, 0.29) is 12.3 Å². The molecule has 1 amide bonds. The average molecular weight is 385 g/mol. The van der Waals surface area contributed by atoms with Crippen LogP contribution in [0.2, 0.25) is 0 Å². The summed E-state index contributed by atoms with van der Waals surface area (Å²) in [5, 5.41) is 2.50. The Labute approximate surface area is 163 Å². The first-order valence-corrected chi connectivity index (χ1v) is 9.21. The van der Waals surface area contributed by atoms with Crippen LogP contribution in [0, 0.1) is 5.82 Å². The molecule has 1 N–H and O–H groups in total. The molecule has 6 heteroatoms. The number of hydrogen-bond donors (Lipinski definition) is 1. The third kappa shape index (κ3) is 4.68. The van der Waals surface area contributed by atoms with Crippen LogP contribution in [0.1, 0.15) is 44.7 Å². The Hall–Kier alpha value is -2.89. The van der Waals surface area contributed by atoms with Crippen molar-refractivity contribution < 1.29 is 23.5 Å². The molecule has 0 aliphatic heterocycles. The number of nitrogens with one attached hydrogen (secondary N) is 1. The van der Waals surface area contributed by atoms with Crippen LogP contribution in [0.5, 0.6) is 0 Å². The summed E-state index contributed by atoms with van der Waals surface area (Å²) < 4.78 is 25.3. The smallest absolute Gasteiger partial charge is 0.411 e. The van der Waals surface area contributed by atoms with Crippen molar-refractivity contribution in [2.45, 2.75) is 51.2 Å². The fourth-order valence-electron chi connectivity index (χ4n) is 2.94. The van der Waals surface area contributed by atoms with E-state index in [1.807, 2.05) is 30.3 Å². The van der Waals surface area contributed by atoms with E-state index in [1.165, 1.54) is 12.1 Å². The zero-order chi connectivity index (χ0) is 20.4. The number of ether oxygens (including phenoxy) is 2. The maximum absolute atomic E-state index is 14.7. The van der Waals surface area contributed by atoms with Crippen molar-refractivity contribution in [3.63, 3.8) is 0 Å². The summed E-state index contributed by atoms with van der Waals surface area (Å²) in [7, 11) is 0. The Morgan fingerprint density at radius 3 is 2.36 bits per heavy atom. The second-order valence-electron chi connectivity index (χ2n) is 7.97. The fourth-order valence-corrected chi connectivity index (χ4v) is 2.94. The summed E-state index contributed by atoms with van der Waals surface area (Å²) in [5.41, 5.74) is -0.145. The normalized spacial score (nSPS) is 14.9. The Bertz CT molecular complexity index is 870. The molecule has 28 heavy (non-hydrogen) atoms. The molecule has 0 spiro atoms. The van der Waals surface area contributed by atoms with Gasteiger partial charge < -0.3 is 9.47 Å². The molecule has 1 fully saturated rings. The van der Waals surface area contributed by atoms with Gasteiger partial charge in [-0.3, -0.25) is 10.1 Å². The van der Waals surface area contributed by atoms with Gasteiger partial charge in [0.25, 0.3) is 0 Å². The maximum atomic E-state index is 14.7. The SMILES string of the molecule is CC(C)(C)OC(=O)C1(c2ccc(NC(=O)OCc3ccccc3)cc2F)CC1. The van der Waals surface area contributed by atoms with E-state index < -0.39 is 28.9 Å². The zero-order valence-corrected chi connectivity index (χ0v) is 16.3. The van der Waals surface area contributed by atoms with Gasteiger partial charge in [0.15, 0.2) is 0 Å². The van der Waals surface area contributed by atoms with E-state index in [2.05, 4.69) is 5.32 Å². The largest absolute Gasteiger partial charge is 0.459 e. The Morgan fingerprint density at radius 2 is 1.79 bits per heavy atom. The lowest BCUT2D eigenvalue weighted by Gasteiger charge is -2.24.